The molecule has 0 heterocycles. The van der Waals surface area contributed by atoms with Crippen molar-refractivity contribution in [2.75, 3.05) is 60.6 Å². The van der Waals surface area contributed by atoms with Crippen molar-refractivity contribution in [1.29, 1.82) is 0 Å². The highest BCUT2D eigenvalue weighted by Crippen LogP contribution is 2.35. The molecule has 0 aromatic heterocycles. The lowest BCUT2D eigenvalue weighted by atomic mass is 10.1. The summed E-state index contributed by atoms with van der Waals surface area (Å²) in [5.41, 5.74) is 1.15. The second-order valence-electron chi connectivity index (χ2n) is 7.57. The van der Waals surface area contributed by atoms with Crippen LogP contribution in [0, 0.1) is 0 Å². The molecule has 0 spiro atoms. The highest BCUT2D eigenvalue weighted by molar-refractivity contribution is 7.93. The molecule has 2 aromatic rings. The first kappa shape index (κ1) is 29.3. The predicted molar refractivity (Wildman–Crippen MR) is 137 cm³/mol. The summed E-state index contributed by atoms with van der Waals surface area (Å²) in [6, 6.07) is 7.89. The topological polar surface area (TPSA) is 127 Å². The van der Waals surface area contributed by atoms with Crippen LogP contribution in [0.5, 0.6) is 23.0 Å². The summed E-state index contributed by atoms with van der Waals surface area (Å²) in [5.74, 6) is -0.0130. The molecule has 0 unspecified atom stereocenters. The Bertz CT molecular complexity index is 1200. The Hall–Kier alpha value is -3.93. The van der Waals surface area contributed by atoms with Gasteiger partial charge < -0.3 is 33.3 Å². The van der Waals surface area contributed by atoms with Crippen molar-refractivity contribution >= 4 is 33.5 Å². The van der Waals surface area contributed by atoms with Crippen molar-refractivity contribution < 1.29 is 46.4 Å². The van der Waals surface area contributed by atoms with Gasteiger partial charge in [-0.2, -0.15) is 0 Å². The average Bonchev–Trinajstić information content (AvgIpc) is 2.90. The van der Waals surface area contributed by atoms with Crippen LogP contribution < -0.4 is 23.8 Å². The number of carbonyl (C=O) groups is 2. The van der Waals surface area contributed by atoms with Crippen LogP contribution in [0.1, 0.15) is 11.1 Å². The lowest BCUT2D eigenvalue weighted by Crippen LogP contribution is -2.36. The van der Waals surface area contributed by atoms with Gasteiger partial charge in [-0.1, -0.05) is 6.07 Å². The van der Waals surface area contributed by atoms with E-state index in [2.05, 4.69) is 0 Å². The summed E-state index contributed by atoms with van der Waals surface area (Å²) >= 11 is 0. The van der Waals surface area contributed by atoms with Gasteiger partial charge in [-0.15, -0.1) is 0 Å². The van der Waals surface area contributed by atoms with E-state index in [1.54, 1.807) is 24.3 Å². The van der Waals surface area contributed by atoms with Crippen LogP contribution in [-0.2, 0) is 34.7 Å². The summed E-state index contributed by atoms with van der Waals surface area (Å²) in [5, 5.41) is 1.06. The SMILES string of the molecule is COC(=O)CN(CC(=O)OC)c1cc(CS(=O)(=O)/C=C/c2c(OC)cc(OC)cc2OC)ccc1OC. The minimum absolute atomic E-state index is 0.283. The van der Waals surface area contributed by atoms with Gasteiger partial charge in [0.05, 0.1) is 59.7 Å². The Morgan fingerprint density at radius 1 is 0.784 bits per heavy atom. The molecule has 0 bridgehead atoms. The highest BCUT2D eigenvalue weighted by atomic mass is 32.2. The van der Waals surface area contributed by atoms with E-state index < -0.39 is 21.8 Å². The number of methoxy groups -OCH3 is 6. The Morgan fingerprint density at radius 3 is 1.78 bits per heavy atom. The number of anilines is 1. The van der Waals surface area contributed by atoms with Gasteiger partial charge in [0.1, 0.15) is 36.1 Å². The normalized spacial score (nSPS) is 11.1. The molecule has 0 saturated heterocycles. The standard InChI is InChI=1S/C25H31NO10S/c1-31-18-12-22(33-3)19(23(13-18)34-4)9-10-37(29,30)16-17-7-8-21(32-2)20(11-17)26(14-24(27)35-5)15-25(28)36-6/h7-13H,14-16H2,1-6H3/b10-9+. The number of esters is 2. The molecule has 0 amide bonds. The summed E-state index contributed by atoms with van der Waals surface area (Å²) in [7, 11) is 4.48. The first-order chi connectivity index (χ1) is 17.6. The number of hydrogen-bond donors (Lipinski definition) is 0. The van der Waals surface area contributed by atoms with E-state index in [1.807, 2.05) is 0 Å². The molecule has 0 atom stereocenters. The van der Waals surface area contributed by atoms with Crippen LogP contribution in [0.4, 0.5) is 5.69 Å². The Kier molecular flexibility index (Phi) is 10.6. The smallest absolute Gasteiger partial charge is 0.325 e. The molecule has 202 valence electrons. The zero-order valence-corrected chi connectivity index (χ0v) is 22.4. The number of nitrogens with zero attached hydrogens (tertiary/aromatic N) is 1. The molecule has 0 radical (unpaired) electrons. The number of sulfone groups is 1. The third-order valence-corrected chi connectivity index (χ3v) is 6.53. The summed E-state index contributed by atoms with van der Waals surface area (Å²) in [4.78, 5) is 25.3. The largest absolute Gasteiger partial charge is 0.496 e. The summed E-state index contributed by atoms with van der Waals surface area (Å²) < 4.78 is 56.7. The lowest BCUT2D eigenvalue weighted by Gasteiger charge is -2.24. The molecule has 0 fully saturated rings. The van der Waals surface area contributed by atoms with Crippen molar-refractivity contribution in [2.24, 2.45) is 0 Å². The molecule has 2 rings (SSSR count). The van der Waals surface area contributed by atoms with Gasteiger partial charge >= 0.3 is 11.9 Å². The molecule has 2 aromatic carbocycles. The molecule has 0 N–H and O–H groups in total. The van der Waals surface area contributed by atoms with Crippen LogP contribution >= 0.6 is 0 Å². The second kappa shape index (κ2) is 13.4. The number of benzene rings is 2. The fraction of sp³-hybridized carbons (Fsp3) is 0.360. The molecule has 0 aliphatic heterocycles. The zero-order chi connectivity index (χ0) is 27.6. The van der Waals surface area contributed by atoms with E-state index in [4.69, 9.17) is 28.4 Å². The van der Waals surface area contributed by atoms with Crippen LogP contribution in [0.15, 0.2) is 35.7 Å². The highest BCUT2D eigenvalue weighted by Gasteiger charge is 2.21. The Labute approximate surface area is 216 Å². The quantitative estimate of drug-likeness (QED) is 0.350. The van der Waals surface area contributed by atoms with Crippen LogP contribution in [-0.4, -0.2) is 76.1 Å². The van der Waals surface area contributed by atoms with Gasteiger partial charge in [-0.3, -0.25) is 9.59 Å². The van der Waals surface area contributed by atoms with Crippen LogP contribution in [0.3, 0.4) is 0 Å². The molecular weight excluding hydrogens is 506 g/mol. The zero-order valence-electron chi connectivity index (χ0n) is 21.6. The first-order valence-electron chi connectivity index (χ1n) is 10.9. The van der Waals surface area contributed by atoms with E-state index in [0.29, 0.717) is 39.8 Å². The fourth-order valence-electron chi connectivity index (χ4n) is 3.39. The van der Waals surface area contributed by atoms with E-state index in [0.717, 1.165) is 5.41 Å². The van der Waals surface area contributed by atoms with Crippen LogP contribution in [0.25, 0.3) is 6.08 Å². The van der Waals surface area contributed by atoms with E-state index in [1.165, 1.54) is 59.7 Å². The van der Waals surface area contributed by atoms with Gasteiger partial charge in [0.15, 0.2) is 9.84 Å². The van der Waals surface area contributed by atoms with Gasteiger partial charge in [-0.05, 0) is 23.8 Å². The average molecular weight is 538 g/mol. The maximum atomic E-state index is 13.0. The van der Waals surface area contributed by atoms with E-state index >= 15 is 0 Å². The van der Waals surface area contributed by atoms with Crippen molar-refractivity contribution in [3.63, 3.8) is 0 Å². The van der Waals surface area contributed by atoms with E-state index in [9.17, 15) is 18.0 Å². The van der Waals surface area contributed by atoms with Gasteiger partial charge in [0, 0.05) is 17.5 Å². The minimum atomic E-state index is -3.78. The fourth-order valence-corrected chi connectivity index (χ4v) is 4.47. The first-order valence-corrected chi connectivity index (χ1v) is 12.6. The molecule has 37 heavy (non-hydrogen) atoms. The van der Waals surface area contributed by atoms with Gasteiger partial charge in [-0.25, -0.2) is 8.42 Å². The monoisotopic (exact) mass is 537 g/mol. The summed E-state index contributed by atoms with van der Waals surface area (Å²) in [6.07, 6.45) is 1.39. The van der Waals surface area contributed by atoms with Crippen LogP contribution in [0.2, 0.25) is 0 Å². The van der Waals surface area contributed by atoms with Gasteiger partial charge in [0.2, 0.25) is 0 Å². The molecule has 0 aliphatic rings. The molecular formula is C25H31NO10S. The second-order valence-corrected chi connectivity index (χ2v) is 9.46. The maximum Gasteiger partial charge on any atom is 0.325 e. The van der Waals surface area contributed by atoms with Crippen molar-refractivity contribution in [2.45, 2.75) is 5.75 Å². The molecule has 12 heteroatoms. The van der Waals surface area contributed by atoms with Crippen molar-refractivity contribution in [3.05, 3.63) is 46.9 Å². The number of hydrogen-bond acceptors (Lipinski definition) is 11. The number of ether oxygens (including phenoxy) is 6. The minimum Gasteiger partial charge on any atom is -0.496 e. The van der Waals surface area contributed by atoms with Gasteiger partial charge in [0.25, 0.3) is 0 Å². The maximum absolute atomic E-state index is 13.0. The Balaban J connectivity index is 2.42. The van der Waals surface area contributed by atoms with Crippen molar-refractivity contribution in [3.8, 4) is 23.0 Å². The summed E-state index contributed by atoms with van der Waals surface area (Å²) in [6.45, 7) is -0.565. The lowest BCUT2D eigenvalue weighted by molar-refractivity contribution is -0.140. The van der Waals surface area contributed by atoms with Crippen molar-refractivity contribution in [1.82, 2.24) is 0 Å². The molecule has 11 nitrogen and oxygen atoms in total. The third-order valence-electron chi connectivity index (χ3n) is 5.24. The third kappa shape index (κ3) is 8.04. The molecule has 0 saturated carbocycles. The number of carbonyl (C=O) groups excluding carboxylic acids is 2. The van der Waals surface area contributed by atoms with E-state index in [-0.39, 0.29) is 18.8 Å². The molecule has 0 aliphatic carbocycles. The number of rotatable bonds is 13. The predicted octanol–water partition coefficient (Wildman–Crippen LogP) is 2.46. The Morgan fingerprint density at radius 2 is 1.32 bits per heavy atom.